The van der Waals surface area contributed by atoms with E-state index in [-0.39, 0.29) is 23.8 Å². The van der Waals surface area contributed by atoms with E-state index in [1.54, 1.807) is 19.0 Å². The van der Waals surface area contributed by atoms with E-state index in [9.17, 15) is 9.59 Å². The summed E-state index contributed by atoms with van der Waals surface area (Å²) < 4.78 is 5.27. The average molecular weight is 297 g/mol. The molecule has 0 aromatic heterocycles. The lowest BCUT2D eigenvalue weighted by atomic mass is 9.83. The van der Waals surface area contributed by atoms with Gasteiger partial charge in [0, 0.05) is 39.3 Å². The molecule has 2 unspecified atom stereocenters. The van der Waals surface area contributed by atoms with Gasteiger partial charge in [-0.3, -0.25) is 9.59 Å². The van der Waals surface area contributed by atoms with Gasteiger partial charge in [-0.2, -0.15) is 0 Å². The number of hydrogen-bond donors (Lipinski definition) is 2. The second-order valence-electron chi connectivity index (χ2n) is 6.54. The number of amides is 2. The van der Waals surface area contributed by atoms with Crippen molar-refractivity contribution >= 4 is 11.8 Å². The second-order valence-corrected chi connectivity index (χ2v) is 6.54. The number of ether oxygens (including phenoxy) is 1. The second kappa shape index (κ2) is 6.75. The maximum atomic E-state index is 12.4. The van der Waals surface area contributed by atoms with Gasteiger partial charge in [-0.1, -0.05) is 6.42 Å². The Morgan fingerprint density at radius 2 is 1.90 bits per heavy atom. The molecule has 0 spiro atoms. The first-order valence-corrected chi connectivity index (χ1v) is 7.81. The highest BCUT2D eigenvalue weighted by atomic mass is 16.5. The van der Waals surface area contributed by atoms with Crippen molar-refractivity contribution in [1.29, 1.82) is 0 Å². The minimum Gasteiger partial charge on any atom is -0.381 e. The van der Waals surface area contributed by atoms with Crippen LogP contribution >= 0.6 is 0 Å². The third-order valence-corrected chi connectivity index (χ3v) is 4.64. The van der Waals surface area contributed by atoms with E-state index < -0.39 is 5.54 Å². The van der Waals surface area contributed by atoms with Crippen molar-refractivity contribution < 1.29 is 14.3 Å². The van der Waals surface area contributed by atoms with Gasteiger partial charge in [0.25, 0.3) is 0 Å². The molecule has 0 bridgehead atoms. The molecule has 1 heterocycles. The summed E-state index contributed by atoms with van der Waals surface area (Å²) in [6.07, 6.45) is 4.64. The Morgan fingerprint density at radius 1 is 1.24 bits per heavy atom. The van der Waals surface area contributed by atoms with Gasteiger partial charge in [-0.25, -0.2) is 0 Å². The molecule has 2 atom stereocenters. The van der Waals surface area contributed by atoms with E-state index in [2.05, 4.69) is 5.32 Å². The van der Waals surface area contributed by atoms with Crippen LogP contribution in [0.2, 0.25) is 0 Å². The van der Waals surface area contributed by atoms with Crippen LogP contribution < -0.4 is 11.1 Å². The van der Waals surface area contributed by atoms with Gasteiger partial charge in [0.05, 0.1) is 5.54 Å². The molecule has 0 aromatic rings. The summed E-state index contributed by atoms with van der Waals surface area (Å²) in [6, 6.07) is 0.0587. The standard InChI is InChI=1S/C15H27N3O3/c1-18(2)13(19)11-4-3-5-12(10-11)17-14(20)15(16)6-8-21-9-7-15/h11-12H,3-10,16H2,1-2H3,(H,17,20). The molecule has 0 radical (unpaired) electrons. The molecule has 2 amide bonds. The highest BCUT2D eigenvalue weighted by molar-refractivity contribution is 5.86. The summed E-state index contributed by atoms with van der Waals surface area (Å²) in [7, 11) is 3.56. The lowest BCUT2D eigenvalue weighted by Crippen LogP contribution is -2.59. The Kier molecular flexibility index (Phi) is 5.22. The Labute approximate surface area is 126 Å². The van der Waals surface area contributed by atoms with Gasteiger partial charge in [-0.15, -0.1) is 0 Å². The zero-order chi connectivity index (χ0) is 15.5. The summed E-state index contributed by atoms with van der Waals surface area (Å²) in [4.78, 5) is 26.1. The Hall–Kier alpha value is -1.14. The number of nitrogens with two attached hydrogens (primary N) is 1. The Bertz CT molecular complexity index is 392. The minimum absolute atomic E-state index is 0.0162. The SMILES string of the molecule is CN(C)C(=O)C1CCCC(NC(=O)C2(N)CCOCC2)C1. The summed E-state index contributed by atoms with van der Waals surface area (Å²) in [5.74, 6) is 0.0821. The number of rotatable bonds is 3. The molecular weight excluding hydrogens is 270 g/mol. The van der Waals surface area contributed by atoms with E-state index in [4.69, 9.17) is 10.5 Å². The molecule has 1 aliphatic carbocycles. The first-order chi connectivity index (χ1) is 9.92. The highest BCUT2D eigenvalue weighted by Gasteiger charge is 2.38. The predicted octanol–water partition coefficient (Wildman–Crippen LogP) is 0.258. The van der Waals surface area contributed by atoms with Crippen LogP contribution in [0.1, 0.15) is 38.5 Å². The van der Waals surface area contributed by atoms with Crippen LogP contribution in [-0.4, -0.2) is 55.6 Å². The zero-order valence-corrected chi connectivity index (χ0v) is 13.1. The number of hydrogen-bond acceptors (Lipinski definition) is 4. The van der Waals surface area contributed by atoms with E-state index in [0.29, 0.717) is 26.1 Å². The van der Waals surface area contributed by atoms with Crippen molar-refractivity contribution in [3.63, 3.8) is 0 Å². The van der Waals surface area contributed by atoms with Gasteiger partial charge in [0.1, 0.15) is 0 Å². The van der Waals surface area contributed by atoms with Crippen LogP contribution in [-0.2, 0) is 14.3 Å². The van der Waals surface area contributed by atoms with Crippen molar-refractivity contribution in [3.05, 3.63) is 0 Å². The quantitative estimate of drug-likeness (QED) is 0.782. The van der Waals surface area contributed by atoms with Crippen LogP contribution in [0.25, 0.3) is 0 Å². The van der Waals surface area contributed by atoms with Gasteiger partial charge in [0.15, 0.2) is 0 Å². The highest BCUT2D eigenvalue weighted by Crippen LogP contribution is 2.26. The molecular formula is C15H27N3O3. The molecule has 1 saturated carbocycles. The molecule has 2 aliphatic rings. The number of carbonyl (C=O) groups is 2. The third kappa shape index (κ3) is 3.95. The molecule has 2 rings (SSSR count). The smallest absolute Gasteiger partial charge is 0.240 e. The van der Waals surface area contributed by atoms with Gasteiger partial charge >= 0.3 is 0 Å². The predicted molar refractivity (Wildman–Crippen MR) is 79.6 cm³/mol. The monoisotopic (exact) mass is 297 g/mol. The largest absolute Gasteiger partial charge is 0.381 e. The van der Waals surface area contributed by atoms with E-state index in [0.717, 1.165) is 25.7 Å². The van der Waals surface area contributed by atoms with Gasteiger partial charge in [-0.05, 0) is 32.1 Å². The lowest BCUT2D eigenvalue weighted by molar-refractivity contribution is -0.136. The Morgan fingerprint density at radius 3 is 2.52 bits per heavy atom. The first kappa shape index (κ1) is 16.2. The maximum Gasteiger partial charge on any atom is 0.240 e. The fourth-order valence-corrected chi connectivity index (χ4v) is 3.20. The van der Waals surface area contributed by atoms with Crippen molar-refractivity contribution in [2.24, 2.45) is 11.7 Å². The fraction of sp³-hybridized carbons (Fsp3) is 0.867. The normalized spacial score (nSPS) is 28.7. The lowest BCUT2D eigenvalue weighted by Gasteiger charge is -2.36. The number of nitrogens with one attached hydrogen (secondary N) is 1. The summed E-state index contributed by atoms with van der Waals surface area (Å²) in [5, 5.41) is 3.06. The molecule has 0 aromatic carbocycles. The number of carbonyl (C=O) groups excluding carboxylic acids is 2. The first-order valence-electron chi connectivity index (χ1n) is 7.81. The molecule has 2 fully saturated rings. The topological polar surface area (TPSA) is 84.7 Å². The van der Waals surface area contributed by atoms with E-state index in [1.165, 1.54) is 0 Å². The van der Waals surface area contributed by atoms with E-state index >= 15 is 0 Å². The molecule has 1 saturated heterocycles. The van der Waals surface area contributed by atoms with Crippen LogP contribution in [0.5, 0.6) is 0 Å². The van der Waals surface area contributed by atoms with Crippen LogP contribution in [0.15, 0.2) is 0 Å². The zero-order valence-electron chi connectivity index (χ0n) is 13.1. The van der Waals surface area contributed by atoms with Crippen molar-refractivity contribution in [1.82, 2.24) is 10.2 Å². The van der Waals surface area contributed by atoms with Crippen molar-refractivity contribution in [3.8, 4) is 0 Å². The summed E-state index contributed by atoms with van der Waals surface area (Å²) in [5.41, 5.74) is 5.39. The molecule has 120 valence electrons. The van der Waals surface area contributed by atoms with Crippen LogP contribution in [0, 0.1) is 5.92 Å². The van der Waals surface area contributed by atoms with Gasteiger partial charge < -0.3 is 20.7 Å². The molecule has 3 N–H and O–H groups in total. The summed E-state index contributed by atoms with van der Waals surface area (Å²) >= 11 is 0. The van der Waals surface area contributed by atoms with Crippen LogP contribution in [0.4, 0.5) is 0 Å². The van der Waals surface area contributed by atoms with Crippen LogP contribution in [0.3, 0.4) is 0 Å². The minimum atomic E-state index is -0.809. The third-order valence-electron chi connectivity index (χ3n) is 4.64. The summed E-state index contributed by atoms with van der Waals surface area (Å²) in [6.45, 7) is 1.08. The van der Waals surface area contributed by atoms with Gasteiger partial charge in [0.2, 0.25) is 11.8 Å². The molecule has 6 heteroatoms. The molecule has 1 aliphatic heterocycles. The molecule has 6 nitrogen and oxygen atoms in total. The van der Waals surface area contributed by atoms with Crippen molar-refractivity contribution in [2.75, 3.05) is 27.3 Å². The Balaban J connectivity index is 1.90. The molecule has 21 heavy (non-hydrogen) atoms. The average Bonchev–Trinajstić information content (AvgIpc) is 2.47. The van der Waals surface area contributed by atoms with Crippen molar-refractivity contribution in [2.45, 2.75) is 50.1 Å². The fourth-order valence-electron chi connectivity index (χ4n) is 3.20. The number of nitrogens with zero attached hydrogens (tertiary/aromatic N) is 1. The van der Waals surface area contributed by atoms with E-state index in [1.807, 2.05) is 0 Å². The maximum absolute atomic E-state index is 12.4.